The molecule has 1 saturated carbocycles. The predicted octanol–water partition coefficient (Wildman–Crippen LogP) is 4.86. The van der Waals surface area contributed by atoms with Crippen LogP contribution < -0.4 is 10.6 Å². The van der Waals surface area contributed by atoms with Gasteiger partial charge < -0.3 is 10.6 Å². The molecule has 0 atom stereocenters. The van der Waals surface area contributed by atoms with Crippen molar-refractivity contribution in [1.82, 2.24) is 0 Å². The summed E-state index contributed by atoms with van der Waals surface area (Å²) in [6.07, 6.45) is 1.96. The normalized spacial score (nSPS) is 13.7. The molecule has 0 bridgehead atoms. The van der Waals surface area contributed by atoms with Crippen LogP contribution in [0, 0.1) is 18.7 Å². The average Bonchev–Trinajstić information content (AvgIpc) is 3.34. The largest absolute Gasteiger partial charge is 0.381 e. The summed E-state index contributed by atoms with van der Waals surface area (Å²) in [5.41, 5.74) is 3.30. The molecule has 0 radical (unpaired) electrons. The molecule has 0 heterocycles. The van der Waals surface area contributed by atoms with Crippen molar-refractivity contribution < 1.29 is 9.18 Å². The topological polar surface area (TPSA) is 41.1 Å². The van der Waals surface area contributed by atoms with Gasteiger partial charge in [-0.1, -0.05) is 28.1 Å². The first-order valence-electron chi connectivity index (χ1n) is 7.62. The number of carbonyl (C=O) groups excluding carboxylic acids is 1. The SMILES string of the molecule is Cc1ccc(NC(=O)C2CC2)cc1NCc1ccc(Br)cc1F. The van der Waals surface area contributed by atoms with Crippen molar-refractivity contribution in [3.8, 4) is 0 Å². The van der Waals surface area contributed by atoms with Crippen molar-refractivity contribution in [1.29, 1.82) is 0 Å². The van der Waals surface area contributed by atoms with Crippen LogP contribution in [0.3, 0.4) is 0 Å². The van der Waals surface area contributed by atoms with Gasteiger partial charge in [-0.3, -0.25) is 4.79 Å². The highest BCUT2D eigenvalue weighted by Gasteiger charge is 2.29. The van der Waals surface area contributed by atoms with Gasteiger partial charge in [-0.15, -0.1) is 0 Å². The monoisotopic (exact) mass is 376 g/mol. The number of halogens is 2. The van der Waals surface area contributed by atoms with E-state index >= 15 is 0 Å². The van der Waals surface area contributed by atoms with Crippen LogP contribution in [-0.2, 0) is 11.3 Å². The second kappa shape index (κ2) is 6.71. The number of nitrogens with one attached hydrogen (secondary N) is 2. The second-order valence-corrected chi connectivity index (χ2v) is 6.80. The Morgan fingerprint density at radius 2 is 2.04 bits per heavy atom. The first-order valence-corrected chi connectivity index (χ1v) is 8.41. The van der Waals surface area contributed by atoms with Crippen molar-refractivity contribution in [2.45, 2.75) is 26.3 Å². The lowest BCUT2D eigenvalue weighted by molar-refractivity contribution is -0.117. The van der Waals surface area contributed by atoms with Crippen LogP contribution in [0.4, 0.5) is 15.8 Å². The van der Waals surface area contributed by atoms with E-state index in [1.165, 1.54) is 6.07 Å². The zero-order chi connectivity index (χ0) is 16.4. The Hall–Kier alpha value is -1.88. The molecule has 5 heteroatoms. The van der Waals surface area contributed by atoms with Crippen LogP contribution in [0.15, 0.2) is 40.9 Å². The molecule has 2 aromatic carbocycles. The van der Waals surface area contributed by atoms with E-state index in [0.29, 0.717) is 12.1 Å². The fourth-order valence-corrected chi connectivity index (χ4v) is 2.67. The van der Waals surface area contributed by atoms with Gasteiger partial charge in [-0.05, 0) is 49.6 Å². The number of amides is 1. The fraction of sp³-hybridized carbons (Fsp3) is 0.278. The standard InChI is InChI=1S/C18H18BrFN2O/c1-11-2-7-15(22-18(23)12-3-4-12)9-17(11)21-10-13-5-6-14(19)8-16(13)20/h2,5-9,12,21H,3-4,10H2,1H3,(H,22,23). The third-order valence-corrected chi connectivity index (χ3v) is 4.43. The van der Waals surface area contributed by atoms with Crippen LogP contribution >= 0.6 is 15.9 Å². The minimum Gasteiger partial charge on any atom is -0.381 e. The highest BCUT2D eigenvalue weighted by molar-refractivity contribution is 9.10. The number of anilines is 2. The quantitative estimate of drug-likeness (QED) is 0.782. The van der Waals surface area contributed by atoms with E-state index in [9.17, 15) is 9.18 Å². The Morgan fingerprint density at radius 1 is 1.26 bits per heavy atom. The molecule has 23 heavy (non-hydrogen) atoms. The minimum atomic E-state index is -0.247. The molecule has 1 fully saturated rings. The summed E-state index contributed by atoms with van der Waals surface area (Å²) in [7, 11) is 0. The third kappa shape index (κ3) is 4.10. The van der Waals surface area contributed by atoms with E-state index in [2.05, 4.69) is 26.6 Å². The summed E-state index contributed by atoms with van der Waals surface area (Å²) >= 11 is 3.25. The first kappa shape index (κ1) is 16.0. The van der Waals surface area contributed by atoms with E-state index in [-0.39, 0.29) is 17.6 Å². The Balaban J connectivity index is 1.69. The van der Waals surface area contributed by atoms with Gasteiger partial charge in [0.1, 0.15) is 5.82 Å². The molecule has 0 spiro atoms. The van der Waals surface area contributed by atoms with Gasteiger partial charge in [0, 0.05) is 33.9 Å². The number of aryl methyl sites for hydroxylation is 1. The molecule has 0 unspecified atom stereocenters. The average molecular weight is 377 g/mol. The first-order chi connectivity index (χ1) is 11.0. The van der Waals surface area contributed by atoms with Crippen LogP contribution in [0.1, 0.15) is 24.0 Å². The Bertz CT molecular complexity index is 744. The van der Waals surface area contributed by atoms with Crippen LogP contribution in [0.25, 0.3) is 0 Å². The molecular formula is C18H18BrFN2O. The van der Waals surface area contributed by atoms with Gasteiger partial charge in [0.25, 0.3) is 0 Å². The van der Waals surface area contributed by atoms with E-state index in [1.54, 1.807) is 6.07 Å². The summed E-state index contributed by atoms with van der Waals surface area (Å²) in [6.45, 7) is 2.37. The number of hydrogen-bond acceptors (Lipinski definition) is 2. The van der Waals surface area contributed by atoms with Gasteiger partial charge in [0.15, 0.2) is 0 Å². The van der Waals surface area contributed by atoms with E-state index in [1.807, 2.05) is 31.2 Å². The van der Waals surface area contributed by atoms with Crippen molar-refractivity contribution in [2.24, 2.45) is 5.92 Å². The van der Waals surface area contributed by atoms with Crippen molar-refractivity contribution in [2.75, 3.05) is 10.6 Å². The number of benzene rings is 2. The maximum atomic E-state index is 13.9. The summed E-state index contributed by atoms with van der Waals surface area (Å²) < 4.78 is 14.6. The number of carbonyl (C=O) groups is 1. The second-order valence-electron chi connectivity index (χ2n) is 5.88. The fourth-order valence-electron chi connectivity index (χ4n) is 2.34. The van der Waals surface area contributed by atoms with Crippen LogP contribution in [-0.4, -0.2) is 5.91 Å². The molecular weight excluding hydrogens is 359 g/mol. The molecule has 120 valence electrons. The van der Waals surface area contributed by atoms with Crippen molar-refractivity contribution in [3.05, 3.63) is 57.8 Å². The molecule has 0 aliphatic heterocycles. The Morgan fingerprint density at radius 3 is 2.74 bits per heavy atom. The summed E-state index contributed by atoms with van der Waals surface area (Å²) in [4.78, 5) is 11.8. The van der Waals surface area contributed by atoms with Crippen molar-refractivity contribution >= 4 is 33.2 Å². The summed E-state index contributed by atoms with van der Waals surface area (Å²) in [5, 5.41) is 6.17. The van der Waals surface area contributed by atoms with Crippen molar-refractivity contribution in [3.63, 3.8) is 0 Å². The van der Waals surface area contributed by atoms with Crippen LogP contribution in [0.5, 0.6) is 0 Å². The van der Waals surface area contributed by atoms with Gasteiger partial charge in [0.05, 0.1) is 0 Å². The summed E-state index contributed by atoms with van der Waals surface area (Å²) in [6, 6.07) is 10.8. The highest BCUT2D eigenvalue weighted by atomic mass is 79.9. The summed E-state index contributed by atoms with van der Waals surface area (Å²) in [5.74, 6) is 0.00560. The Labute approximate surface area is 143 Å². The Kier molecular flexibility index (Phi) is 4.66. The molecule has 1 amide bonds. The molecule has 3 nitrogen and oxygen atoms in total. The minimum absolute atomic E-state index is 0.0822. The molecule has 1 aliphatic rings. The zero-order valence-corrected chi connectivity index (χ0v) is 14.4. The zero-order valence-electron chi connectivity index (χ0n) is 12.8. The maximum Gasteiger partial charge on any atom is 0.227 e. The maximum absolute atomic E-state index is 13.9. The third-order valence-electron chi connectivity index (χ3n) is 3.94. The number of rotatable bonds is 5. The lowest BCUT2D eigenvalue weighted by Gasteiger charge is -2.13. The molecule has 0 aromatic heterocycles. The highest BCUT2D eigenvalue weighted by Crippen LogP contribution is 2.31. The molecule has 3 rings (SSSR count). The molecule has 1 aliphatic carbocycles. The predicted molar refractivity (Wildman–Crippen MR) is 94.0 cm³/mol. The van der Waals surface area contributed by atoms with Gasteiger partial charge >= 0.3 is 0 Å². The van der Waals surface area contributed by atoms with E-state index in [4.69, 9.17) is 0 Å². The van der Waals surface area contributed by atoms with Gasteiger partial charge in [0.2, 0.25) is 5.91 Å². The lowest BCUT2D eigenvalue weighted by Crippen LogP contribution is -2.13. The van der Waals surface area contributed by atoms with E-state index in [0.717, 1.165) is 34.3 Å². The smallest absolute Gasteiger partial charge is 0.227 e. The molecule has 0 saturated heterocycles. The van der Waals surface area contributed by atoms with Gasteiger partial charge in [-0.25, -0.2) is 4.39 Å². The van der Waals surface area contributed by atoms with Crippen LogP contribution in [0.2, 0.25) is 0 Å². The molecule has 2 N–H and O–H groups in total. The van der Waals surface area contributed by atoms with Gasteiger partial charge in [-0.2, -0.15) is 0 Å². The lowest BCUT2D eigenvalue weighted by atomic mass is 10.1. The van der Waals surface area contributed by atoms with E-state index < -0.39 is 0 Å². The molecule has 2 aromatic rings. The number of hydrogen-bond donors (Lipinski definition) is 2.